The van der Waals surface area contributed by atoms with Crippen molar-refractivity contribution in [2.24, 2.45) is 0 Å². The van der Waals surface area contributed by atoms with Crippen molar-refractivity contribution in [1.82, 2.24) is 5.32 Å². The van der Waals surface area contributed by atoms with Crippen LogP contribution in [0.15, 0.2) is 0 Å². The van der Waals surface area contributed by atoms with Crippen LogP contribution in [0.2, 0.25) is 0 Å². The first-order valence-electron chi connectivity index (χ1n) is 3.30. The van der Waals surface area contributed by atoms with Crippen LogP contribution in [0.25, 0.3) is 0 Å². The van der Waals surface area contributed by atoms with E-state index >= 15 is 0 Å². The maximum absolute atomic E-state index is 11.1. The van der Waals surface area contributed by atoms with E-state index in [2.05, 4.69) is 5.32 Å². The first-order valence-corrected chi connectivity index (χ1v) is 6.08. The van der Waals surface area contributed by atoms with Crippen molar-refractivity contribution in [1.29, 1.82) is 0 Å². The Balaban J connectivity index is 3.13. The van der Waals surface area contributed by atoms with Crippen molar-refractivity contribution in [2.75, 3.05) is 39.9 Å². The van der Waals surface area contributed by atoms with Crippen molar-refractivity contribution < 1.29 is 9.30 Å². The fourth-order valence-electron chi connectivity index (χ4n) is 0.523. The molecule has 0 rings (SSSR count). The Bertz CT molecular complexity index is 121. The van der Waals surface area contributed by atoms with Gasteiger partial charge in [0.1, 0.15) is 0 Å². The SMILES string of the molecule is COCCNCP(C)(C)=O. The molecular weight excluding hydrogens is 149 g/mol. The van der Waals surface area contributed by atoms with Gasteiger partial charge in [0.05, 0.1) is 13.7 Å². The second-order valence-electron chi connectivity index (χ2n) is 2.72. The lowest BCUT2D eigenvalue weighted by Gasteiger charge is -2.06. The smallest absolute Gasteiger partial charge is 0.0949 e. The maximum Gasteiger partial charge on any atom is 0.0949 e. The van der Waals surface area contributed by atoms with Crippen LogP contribution in [0.1, 0.15) is 0 Å². The molecule has 10 heavy (non-hydrogen) atoms. The van der Waals surface area contributed by atoms with Crippen LogP contribution in [0.5, 0.6) is 0 Å². The molecule has 0 aromatic rings. The maximum atomic E-state index is 11.1. The van der Waals surface area contributed by atoms with Gasteiger partial charge in [0.15, 0.2) is 0 Å². The number of hydrogen-bond donors (Lipinski definition) is 1. The topological polar surface area (TPSA) is 38.3 Å². The molecule has 0 aliphatic carbocycles. The number of rotatable bonds is 5. The lowest BCUT2D eigenvalue weighted by Crippen LogP contribution is -2.19. The summed E-state index contributed by atoms with van der Waals surface area (Å²) < 4.78 is 15.9. The number of methoxy groups -OCH3 is 1. The predicted octanol–water partition coefficient (Wildman–Crippen LogP) is 0.803. The summed E-state index contributed by atoms with van der Waals surface area (Å²) in [5, 5.41) is 3.04. The van der Waals surface area contributed by atoms with E-state index in [-0.39, 0.29) is 0 Å². The minimum Gasteiger partial charge on any atom is -0.383 e. The molecule has 0 aliphatic rings. The first-order chi connectivity index (χ1) is 4.56. The lowest BCUT2D eigenvalue weighted by molar-refractivity contribution is 0.201. The van der Waals surface area contributed by atoms with Crippen LogP contribution in [-0.4, -0.2) is 39.9 Å². The minimum atomic E-state index is -1.87. The summed E-state index contributed by atoms with van der Waals surface area (Å²) >= 11 is 0. The van der Waals surface area contributed by atoms with Gasteiger partial charge >= 0.3 is 0 Å². The van der Waals surface area contributed by atoms with Crippen molar-refractivity contribution in [3.63, 3.8) is 0 Å². The van der Waals surface area contributed by atoms with Gasteiger partial charge in [-0.05, 0) is 13.3 Å². The van der Waals surface area contributed by atoms with E-state index in [1.54, 1.807) is 20.4 Å². The van der Waals surface area contributed by atoms with Crippen LogP contribution in [0.4, 0.5) is 0 Å². The molecule has 0 spiro atoms. The highest BCUT2D eigenvalue weighted by atomic mass is 31.2. The highest BCUT2D eigenvalue weighted by Crippen LogP contribution is 2.33. The third kappa shape index (κ3) is 8.15. The highest BCUT2D eigenvalue weighted by molar-refractivity contribution is 7.62. The van der Waals surface area contributed by atoms with Crippen molar-refractivity contribution in [3.05, 3.63) is 0 Å². The molecule has 62 valence electrons. The monoisotopic (exact) mass is 165 g/mol. The molecule has 0 aromatic carbocycles. The second kappa shape index (κ2) is 4.89. The largest absolute Gasteiger partial charge is 0.383 e. The van der Waals surface area contributed by atoms with Gasteiger partial charge < -0.3 is 14.6 Å². The molecule has 0 bridgehead atoms. The van der Waals surface area contributed by atoms with Crippen LogP contribution in [0, 0.1) is 0 Å². The fourth-order valence-corrected chi connectivity index (χ4v) is 1.22. The van der Waals surface area contributed by atoms with Gasteiger partial charge in [0.25, 0.3) is 0 Å². The van der Waals surface area contributed by atoms with E-state index in [4.69, 9.17) is 4.74 Å². The van der Waals surface area contributed by atoms with E-state index in [1.165, 1.54) is 0 Å². The molecule has 4 heteroatoms. The van der Waals surface area contributed by atoms with E-state index < -0.39 is 7.14 Å². The van der Waals surface area contributed by atoms with Crippen molar-refractivity contribution >= 4 is 7.14 Å². The number of ether oxygens (including phenoxy) is 1. The quantitative estimate of drug-likeness (QED) is 0.483. The molecule has 0 radical (unpaired) electrons. The zero-order chi connectivity index (χ0) is 8.04. The van der Waals surface area contributed by atoms with Crippen LogP contribution in [-0.2, 0) is 9.30 Å². The van der Waals surface area contributed by atoms with Gasteiger partial charge in [-0.1, -0.05) is 0 Å². The molecule has 1 N–H and O–H groups in total. The molecule has 0 aliphatic heterocycles. The van der Waals surface area contributed by atoms with E-state index in [9.17, 15) is 4.57 Å². The Morgan fingerprint density at radius 3 is 2.50 bits per heavy atom. The molecule has 0 saturated heterocycles. The Hall–Kier alpha value is 0.150. The summed E-state index contributed by atoms with van der Waals surface area (Å²) in [5.41, 5.74) is 0. The molecule has 0 fully saturated rings. The van der Waals surface area contributed by atoms with Crippen molar-refractivity contribution in [3.8, 4) is 0 Å². The summed E-state index contributed by atoms with van der Waals surface area (Å²) in [6.07, 6.45) is 0.607. The number of nitrogens with one attached hydrogen (secondary N) is 1. The molecule has 0 unspecified atom stereocenters. The van der Waals surface area contributed by atoms with Gasteiger partial charge in [0.2, 0.25) is 0 Å². The predicted molar refractivity (Wildman–Crippen MR) is 44.2 cm³/mol. The third-order valence-corrected chi connectivity index (χ3v) is 1.96. The van der Waals surface area contributed by atoms with E-state index in [0.717, 1.165) is 6.54 Å². The van der Waals surface area contributed by atoms with E-state index in [0.29, 0.717) is 12.9 Å². The molecule has 0 amide bonds. The summed E-state index contributed by atoms with van der Waals surface area (Å²) in [7, 11) is -0.221. The minimum absolute atomic E-state index is 0.607. The average Bonchev–Trinajstić information content (AvgIpc) is 1.78. The molecule has 0 heterocycles. The Morgan fingerprint density at radius 1 is 1.50 bits per heavy atom. The van der Waals surface area contributed by atoms with Gasteiger partial charge in [-0.25, -0.2) is 0 Å². The van der Waals surface area contributed by atoms with Gasteiger partial charge in [-0.15, -0.1) is 0 Å². The molecule has 0 aromatic heterocycles. The molecule has 0 saturated carbocycles. The van der Waals surface area contributed by atoms with Crippen molar-refractivity contribution in [2.45, 2.75) is 0 Å². The highest BCUT2D eigenvalue weighted by Gasteiger charge is 2.03. The normalized spacial score (nSPS) is 11.9. The summed E-state index contributed by atoms with van der Waals surface area (Å²) in [6.45, 7) is 5.00. The molecule has 0 atom stereocenters. The zero-order valence-corrected chi connectivity index (χ0v) is 7.78. The Labute approximate surface area is 62.5 Å². The van der Waals surface area contributed by atoms with E-state index in [1.807, 2.05) is 0 Å². The van der Waals surface area contributed by atoms with Crippen LogP contribution < -0.4 is 5.32 Å². The lowest BCUT2D eigenvalue weighted by atomic mass is 10.7. The summed E-state index contributed by atoms with van der Waals surface area (Å²) in [6, 6.07) is 0. The number of hydrogen-bond acceptors (Lipinski definition) is 3. The Morgan fingerprint density at radius 2 is 2.10 bits per heavy atom. The fraction of sp³-hybridized carbons (Fsp3) is 1.00. The van der Waals surface area contributed by atoms with Crippen LogP contribution in [0.3, 0.4) is 0 Å². The van der Waals surface area contributed by atoms with Gasteiger partial charge in [-0.3, -0.25) is 0 Å². The standard InChI is InChI=1S/C6H16NO2P/c1-9-5-4-7-6-10(2,3)8/h7H,4-6H2,1-3H3. The van der Waals surface area contributed by atoms with Gasteiger partial charge in [-0.2, -0.15) is 0 Å². The molecular formula is C6H16NO2P. The zero-order valence-electron chi connectivity index (χ0n) is 6.89. The first kappa shape index (κ1) is 10.2. The summed E-state index contributed by atoms with van der Waals surface area (Å²) in [4.78, 5) is 0. The summed E-state index contributed by atoms with van der Waals surface area (Å²) in [5.74, 6) is 0. The van der Waals surface area contributed by atoms with Crippen LogP contribution >= 0.6 is 7.14 Å². The molecule has 3 nitrogen and oxygen atoms in total. The average molecular weight is 165 g/mol. The van der Waals surface area contributed by atoms with Gasteiger partial charge in [0, 0.05) is 19.9 Å². The Kier molecular flexibility index (Phi) is 4.96. The second-order valence-corrected chi connectivity index (χ2v) is 6.19. The third-order valence-electron chi connectivity index (χ3n) is 0.976.